The molecule has 0 radical (unpaired) electrons. The van der Waals surface area contributed by atoms with Crippen LogP contribution in [-0.2, 0) is 19.7 Å². The summed E-state index contributed by atoms with van der Waals surface area (Å²) < 4.78 is 90.6. The molecule has 2 rings (SSSR count). The number of sulfone groups is 2. The molecular weight excluding hydrogens is 460 g/mol. The van der Waals surface area contributed by atoms with Crippen molar-refractivity contribution in [3.63, 3.8) is 0 Å². The Labute approximate surface area is 173 Å². The lowest BCUT2D eigenvalue weighted by molar-refractivity contribution is -0.184. The molecule has 3 unspecified atom stereocenters. The third-order valence-electron chi connectivity index (χ3n) is 5.19. The minimum Gasteiger partial charge on any atom is -0.227 e. The summed E-state index contributed by atoms with van der Waals surface area (Å²) in [6.07, 6.45) is -5.21. The molecule has 160 valence electrons. The molecule has 0 amide bonds. The van der Waals surface area contributed by atoms with Crippen molar-refractivity contribution in [2.24, 2.45) is 17.8 Å². The van der Waals surface area contributed by atoms with Crippen LogP contribution in [0, 0.1) is 17.8 Å². The Morgan fingerprint density at radius 2 is 1.68 bits per heavy atom. The number of hydrogen-bond acceptors (Lipinski definition) is 4. The van der Waals surface area contributed by atoms with Gasteiger partial charge < -0.3 is 0 Å². The van der Waals surface area contributed by atoms with E-state index in [9.17, 15) is 30.0 Å². The van der Waals surface area contributed by atoms with Gasteiger partial charge in [-0.15, -0.1) is 0 Å². The fraction of sp³-hybridized carbons (Fsp3) is 0.647. The lowest BCUT2D eigenvalue weighted by Gasteiger charge is -2.38. The van der Waals surface area contributed by atoms with Gasteiger partial charge in [-0.05, 0) is 49.3 Å². The van der Waals surface area contributed by atoms with E-state index in [0.29, 0.717) is 0 Å². The molecule has 0 saturated heterocycles. The van der Waals surface area contributed by atoms with Gasteiger partial charge in [-0.3, -0.25) is 0 Å². The molecule has 1 saturated carbocycles. The summed E-state index contributed by atoms with van der Waals surface area (Å²) in [5.74, 6) is -2.48. The number of halogens is 5. The van der Waals surface area contributed by atoms with Crippen molar-refractivity contribution >= 4 is 42.9 Å². The van der Waals surface area contributed by atoms with E-state index in [-0.39, 0.29) is 33.7 Å². The molecule has 0 N–H and O–H groups in total. The van der Waals surface area contributed by atoms with Gasteiger partial charge in [0.25, 0.3) is 0 Å². The van der Waals surface area contributed by atoms with Crippen molar-refractivity contribution in [3.8, 4) is 0 Å². The van der Waals surface area contributed by atoms with Crippen molar-refractivity contribution < 1.29 is 30.0 Å². The summed E-state index contributed by atoms with van der Waals surface area (Å²) in [6.45, 7) is 3.46. The lowest BCUT2D eigenvalue weighted by Crippen LogP contribution is -2.44. The maximum atomic E-state index is 13.2. The van der Waals surface area contributed by atoms with E-state index < -0.39 is 54.4 Å². The fourth-order valence-corrected chi connectivity index (χ4v) is 9.09. The first kappa shape index (κ1) is 23.8. The van der Waals surface area contributed by atoms with E-state index in [2.05, 4.69) is 0 Å². The van der Waals surface area contributed by atoms with Gasteiger partial charge in [0, 0.05) is 0 Å². The average molecular weight is 481 g/mol. The van der Waals surface area contributed by atoms with Crippen LogP contribution in [0.5, 0.6) is 0 Å². The van der Waals surface area contributed by atoms with E-state index in [1.165, 1.54) is 6.07 Å². The predicted molar refractivity (Wildman–Crippen MR) is 103 cm³/mol. The van der Waals surface area contributed by atoms with E-state index >= 15 is 0 Å². The minimum absolute atomic E-state index is 0.0602. The summed E-state index contributed by atoms with van der Waals surface area (Å²) in [7, 11) is -8.68. The quantitative estimate of drug-likeness (QED) is 0.584. The summed E-state index contributed by atoms with van der Waals surface area (Å²) >= 11 is 11.5. The van der Waals surface area contributed by atoms with Gasteiger partial charge in [-0.1, -0.05) is 37.0 Å². The van der Waals surface area contributed by atoms with Crippen LogP contribution in [0.2, 0.25) is 10.0 Å². The third kappa shape index (κ3) is 5.34. The summed E-state index contributed by atoms with van der Waals surface area (Å²) in [6, 6.07) is 3.38. The lowest BCUT2D eigenvalue weighted by atomic mass is 9.76. The second-order valence-corrected chi connectivity index (χ2v) is 12.9. The highest BCUT2D eigenvalue weighted by Crippen LogP contribution is 2.44. The zero-order valence-corrected chi connectivity index (χ0v) is 18.4. The average Bonchev–Trinajstić information content (AvgIpc) is 2.54. The zero-order chi connectivity index (χ0) is 21.5. The number of hydrogen-bond donors (Lipinski definition) is 0. The largest absolute Gasteiger partial charge is 0.391 e. The summed E-state index contributed by atoms with van der Waals surface area (Å²) in [5.41, 5.74) is 0. The number of rotatable bonds is 5. The van der Waals surface area contributed by atoms with Crippen LogP contribution in [0.15, 0.2) is 23.1 Å². The van der Waals surface area contributed by atoms with Crippen molar-refractivity contribution in [1.29, 1.82) is 0 Å². The first-order chi connectivity index (χ1) is 12.6. The molecule has 3 atom stereocenters. The Balaban J connectivity index is 2.37. The van der Waals surface area contributed by atoms with E-state index in [4.69, 9.17) is 23.2 Å². The van der Waals surface area contributed by atoms with Gasteiger partial charge in [0.05, 0.1) is 26.1 Å². The Bertz CT molecular complexity index is 928. The molecule has 4 nitrogen and oxygen atoms in total. The summed E-state index contributed by atoms with van der Waals surface area (Å²) in [5, 5.41) is -2.60. The molecule has 0 spiro atoms. The van der Waals surface area contributed by atoms with Crippen LogP contribution in [0.4, 0.5) is 13.2 Å². The molecule has 1 aromatic rings. The van der Waals surface area contributed by atoms with Gasteiger partial charge >= 0.3 is 6.18 Å². The van der Waals surface area contributed by atoms with E-state index in [1.807, 2.05) is 0 Å². The fourth-order valence-electron chi connectivity index (χ4n) is 3.67. The van der Waals surface area contributed by atoms with Gasteiger partial charge in [-0.25, -0.2) is 16.8 Å². The molecule has 28 heavy (non-hydrogen) atoms. The minimum atomic E-state index is -4.52. The third-order valence-corrected chi connectivity index (χ3v) is 10.9. The second kappa shape index (κ2) is 8.32. The molecule has 0 heterocycles. The number of alkyl halides is 3. The molecule has 0 bridgehead atoms. The Morgan fingerprint density at radius 1 is 1.07 bits per heavy atom. The van der Waals surface area contributed by atoms with Gasteiger partial charge in [0.15, 0.2) is 24.8 Å². The van der Waals surface area contributed by atoms with Crippen LogP contribution >= 0.6 is 23.2 Å². The zero-order valence-electron chi connectivity index (χ0n) is 15.2. The molecule has 0 aromatic heterocycles. The highest BCUT2D eigenvalue weighted by atomic mass is 35.5. The van der Waals surface area contributed by atoms with Crippen LogP contribution < -0.4 is 0 Å². The first-order valence-corrected chi connectivity index (χ1v) is 12.7. The van der Waals surface area contributed by atoms with Gasteiger partial charge in [0.1, 0.15) is 0 Å². The topological polar surface area (TPSA) is 68.3 Å². The molecule has 1 aromatic carbocycles. The van der Waals surface area contributed by atoms with E-state index in [1.54, 1.807) is 13.8 Å². The molecule has 1 aliphatic rings. The SMILES string of the molecule is CC(C)C1CCC(C(F)(F)F)CC1S(=O)(=O)CS(=O)(=O)c1ccc(Cl)c(Cl)c1. The monoisotopic (exact) mass is 480 g/mol. The molecule has 11 heteroatoms. The molecule has 1 fully saturated rings. The summed E-state index contributed by atoms with van der Waals surface area (Å²) in [4.78, 5) is -0.338. The smallest absolute Gasteiger partial charge is 0.227 e. The van der Waals surface area contributed by atoms with Crippen molar-refractivity contribution in [3.05, 3.63) is 28.2 Å². The normalized spacial score (nSPS) is 24.5. The van der Waals surface area contributed by atoms with Crippen molar-refractivity contribution in [1.82, 2.24) is 0 Å². The number of benzene rings is 1. The Hall–Kier alpha value is -0.510. The molecule has 1 aliphatic carbocycles. The van der Waals surface area contributed by atoms with E-state index in [0.717, 1.165) is 12.1 Å². The Kier molecular flexibility index (Phi) is 7.06. The standard InChI is InChI=1S/C17H21Cl2F3O4S2/c1-10(2)13-5-3-11(17(20,21)22)7-16(13)28(25,26)9-27(23,24)12-4-6-14(18)15(19)8-12/h4,6,8,10-11,13,16H,3,5,7,9H2,1-2H3. The first-order valence-electron chi connectivity index (χ1n) is 8.61. The van der Waals surface area contributed by atoms with Crippen LogP contribution in [0.25, 0.3) is 0 Å². The van der Waals surface area contributed by atoms with Crippen LogP contribution in [0.3, 0.4) is 0 Å². The Morgan fingerprint density at radius 3 is 2.18 bits per heavy atom. The van der Waals surface area contributed by atoms with Crippen molar-refractivity contribution in [2.75, 3.05) is 5.08 Å². The predicted octanol–water partition coefficient (Wildman–Crippen LogP) is 5.14. The molecular formula is C17H21Cl2F3O4S2. The maximum Gasteiger partial charge on any atom is 0.391 e. The van der Waals surface area contributed by atoms with Gasteiger partial charge in [0.2, 0.25) is 0 Å². The highest BCUT2D eigenvalue weighted by Gasteiger charge is 2.49. The highest BCUT2D eigenvalue weighted by molar-refractivity contribution is 8.08. The van der Waals surface area contributed by atoms with Crippen LogP contribution in [0.1, 0.15) is 33.1 Å². The van der Waals surface area contributed by atoms with Gasteiger partial charge in [-0.2, -0.15) is 13.2 Å². The second-order valence-electron chi connectivity index (χ2n) is 7.47. The maximum absolute atomic E-state index is 13.2. The molecule has 0 aliphatic heterocycles. The van der Waals surface area contributed by atoms with Crippen LogP contribution in [-0.4, -0.2) is 33.3 Å². The van der Waals surface area contributed by atoms with Crippen molar-refractivity contribution in [2.45, 2.75) is 49.4 Å².